The zero-order chi connectivity index (χ0) is 16.9. The molecular formula is C18H16Cl2N2OS. The number of nitrogens with zero attached hydrogens (tertiary/aromatic N) is 1. The molecule has 3 aromatic rings. The summed E-state index contributed by atoms with van der Waals surface area (Å²) in [7, 11) is 1.67. The molecule has 24 heavy (non-hydrogen) atoms. The van der Waals surface area contributed by atoms with E-state index in [0.29, 0.717) is 23.1 Å². The summed E-state index contributed by atoms with van der Waals surface area (Å²) < 4.78 is 5.18. The summed E-state index contributed by atoms with van der Waals surface area (Å²) in [4.78, 5) is 5.62. The Morgan fingerprint density at radius 3 is 2.54 bits per heavy atom. The van der Waals surface area contributed by atoms with Gasteiger partial charge in [0.2, 0.25) is 0 Å². The van der Waals surface area contributed by atoms with E-state index in [9.17, 15) is 0 Å². The standard InChI is InChI=1S/C18H16Cl2N2OS/c1-23-14-5-3-13(4-6-14)17-10-22-18(24-17)11-21-9-12-2-7-15(19)16(20)8-12/h2-8,10,21H,9,11H2,1H3. The minimum absolute atomic E-state index is 0.574. The Bertz CT molecular complexity index is 818. The van der Waals surface area contributed by atoms with Gasteiger partial charge in [-0.1, -0.05) is 29.3 Å². The van der Waals surface area contributed by atoms with Crippen molar-refractivity contribution in [1.82, 2.24) is 10.3 Å². The molecule has 0 aliphatic heterocycles. The third-order valence-corrected chi connectivity index (χ3v) is 5.30. The molecule has 1 heterocycles. The van der Waals surface area contributed by atoms with Crippen molar-refractivity contribution in [1.29, 1.82) is 0 Å². The molecule has 0 saturated carbocycles. The number of hydrogen-bond donors (Lipinski definition) is 1. The monoisotopic (exact) mass is 378 g/mol. The van der Waals surface area contributed by atoms with E-state index in [1.165, 1.54) is 0 Å². The Labute approximate surface area is 155 Å². The van der Waals surface area contributed by atoms with Gasteiger partial charge in [0.05, 0.1) is 22.0 Å². The van der Waals surface area contributed by atoms with Crippen LogP contribution in [-0.4, -0.2) is 12.1 Å². The highest BCUT2D eigenvalue weighted by molar-refractivity contribution is 7.15. The van der Waals surface area contributed by atoms with Crippen LogP contribution in [0, 0.1) is 0 Å². The highest BCUT2D eigenvalue weighted by atomic mass is 35.5. The predicted molar refractivity (Wildman–Crippen MR) is 101 cm³/mol. The molecule has 6 heteroatoms. The van der Waals surface area contributed by atoms with Crippen molar-refractivity contribution >= 4 is 34.5 Å². The average Bonchev–Trinajstić information content (AvgIpc) is 3.07. The fraction of sp³-hybridized carbons (Fsp3) is 0.167. The molecule has 0 atom stereocenters. The molecule has 0 unspecified atom stereocenters. The van der Waals surface area contributed by atoms with Crippen LogP contribution in [0.15, 0.2) is 48.7 Å². The Morgan fingerprint density at radius 1 is 1.04 bits per heavy atom. The molecule has 3 rings (SSSR count). The third kappa shape index (κ3) is 4.28. The SMILES string of the molecule is COc1ccc(-c2cnc(CNCc3ccc(Cl)c(Cl)c3)s2)cc1. The van der Waals surface area contributed by atoms with Crippen LogP contribution in [0.25, 0.3) is 10.4 Å². The van der Waals surface area contributed by atoms with E-state index >= 15 is 0 Å². The number of nitrogens with one attached hydrogen (secondary N) is 1. The Hall–Kier alpha value is -1.59. The van der Waals surface area contributed by atoms with Crippen molar-refractivity contribution in [3.63, 3.8) is 0 Å². The van der Waals surface area contributed by atoms with Crippen LogP contribution in [0.3, 0.4) is 0 Å². The lowest BCUT2D eigenvalue weighted by Crippen LogP contribution is -2.12. The zero-order valence-electron chi connectivity index (χ0n) is 13.1. The zero-order valence-corrected chi connectivity index (χ0v) is 15.4. The summed E-state index contributed by atoms with van der Waals surface area (Å²) in [6, 6.07) is 13.6. The van der Waals surface area contributed by atoms with Crippen LogP contribution in [0.4, 0.5) is 0 Å². The van der Waals surface area contributed by atoms with Crippen LogP contribution in [0.1, 0.15) is 10.6 Å². The lowest BCUT2D eigenvalue weighted by atomic mass is 10.2. The van der Waals surface area contributed by atoms with E-state index in [1.54, 1.807) is 18.4 Å². The van der Waals surface area contributed by atoms with Gasteiger partial charge in [-0.25, -0.2) is 4.98 Å². The van der Waals surface area contributed by atoms with Crippen molar-refractivity contribution in [2.45, 2.75) is 13.1 Å². The number of aromatic nitrogens is 1. The summed E-state index contributed by atoms with van der Waals surface area (Å²) in [5.41, 5.74) is 2.24. The first kappa shape index (κ1) is 17.2. The van der Waals surface area contributed by atoms with Crippen molar-refractivity contribution in [2.24, 2.45) is 0 Å². The number of halogens is 2. The van der Waals surface area contributed by atoms with Gasteiger partial charge in [-0.05, 0) is 47.5 Å². The predicted octanol–water partition coefficient (Wildman–Crippen LogP) is 5.42. The fourth-order valence-electron chi connectivity index (χ4n) is 2.24. The summed E-state index contributed by atoms with van der Waals surface area (Å²) in [6.07, 6.45) is 1.91. The van der Waals surface area contributed by atoms with Crippen LogP contribution < -0.4 is 10.1 Å². The smallest absolute Gasteiger partial charge is 0.118 e. The van der Waals surface area contributed by atoms with E-state index in [4.69, 9.17) is 27.9 Å². The second kappa shape index (κ2) is 7.99. The lowest BCUT2D eigenvalue weighted by Gasteiger charge is -2.04. The highest BCUT2D eigenvalue weighted by Crippen LogP contribution is 2.28. The van der Waals surface area contributed by atoms with Crippen molar-refractivity contribution < 1.29 is 4.74 Å². The van der Waals surface area contributed by atoms with Gasteiger partial charge < -0.3 is 10.1 Å². The molecule has 0 saturated heterocycles. The van der Waals surface area contributed by atoms with E-state index in [1.807, 2.05) is 48.7 Å². The normalized spacial score (nSPS) is 10.8. The molecule has 0 aliphatic carbocycles. The quantitative estimate of drug-likeness (QED) is 0.621. The van der Waals surface area contributed by atoms with Gasteiger partial charge in [0, 0.05) is 19.3 Å². The minimum atomic E-state index is 0.574. The van der Waals surface area contributed by atoms with Gasteiger partial charge in [0.15, 0.2) is 0 Å². The molecule has 124 valence electrons. The third-order valence-electron chi connectivity index (χ3n) is 3.52. The van der Waals surface area contributed by atoms with Crippen LogP contribution >= 0.6 is 34.5 Å². The van der Waals surface area contributed by atoms with Gasteiger partial charge in [-0.3, -0.25) is 0 Å². The Balaban J connectivity index is 1.58. The van der Waals surface area contributed by atoms with E-state index < -0.39 is 0 Å². The second-order valence-corrected chi connectivity index (χ2v) is 7.13. The molecule has 0 amide bonds. The molecular weight excluding hydrogens is 363 g/mol. The fourth-order valence-corrected chi connectivity index (χ4v) is 3.46. The lowest BCUT2D eigenvalue weighted by molar-refractivity contribution is 0.415. The highest BCUT2D eigenvalue weighted by Gasteiger charge is 2.05. The number of ether oxygens (including phenoxy) is 1. The van der Waals surface area contributed by atoms with Gasteiger partial charge >= 0.3 is 0 Å². The molecule has 1 N–H and O–H groups in total. The van der Waals surface area contributed by atoms with Crippen LogP contribution in [0.5, 0.6) is 5.75 Å². The van der Waals surface area contributed by atoms with E-state index in [2.05, 4.69) is 10.3 Å². The van der Waals surface area contributed by atoms with Crippen molar-refractivity contribution in [3.8, 4) is 16.2 Å². The molecule has 0 spiro atoms. The Kier molecular flexibility index (Phi) is 5.74. The summed E-state index contributed by atoms with van der Waals surface area (Å²) in [6.45, 7) is 1.43. The first-order valence-corrected chi connectivity index (χ1v) is 8.97. The van der Waals surface area contributed by atoms with Crippen molar-refractivity contribution in [2.75, 3.05) is 7.11 Å². The van der Waals surface area contributed by atoms with Crippen LogP contribution in [0.2, 0.25) is 10.0 Å². The maximum atomic E-state index is 6.02. The number of methoxy groups -OCH3 is 1. The topological polar surface area (TPSA) is 34.1 Å². The van der Waals surface area contributed by atoms with Crippen LogP contribution in [-0.2, 0) is 13.1 Å². The average molecular weight is 379 g/mol. The van der Waals surface area contributed by atoms with E-state index in [-0.39, 0.29) is 0 Å². The molecule has 0 radical (unpaired) electrons. The number of rotatable bonds is 6. The summed E-state index contributed by atoms with van der Waals surface area (Å²) >= 11 is 13.6. The Morgan fingerprint density at radius 2 is 1.83 bits per heavy atom. The van der Waals surface area contributed by atoms with E-state index in [0.717, 1.165) is 26.8 Å². The second-order valence-electron chi connectivity index (χ2n) is 5.20. The van der Waals surface area contributed by atoms with Crippen molar-refractivity contribution in [3.05, 3.63) is 69.3 Å². The molecule has 0 bridgehead atoms. The first-order chi connectivity index (χ1) is 11.7. The molecule has 1 aromatic heterocycles. The first-order valence-electron chi connectivity index (χ1n) is 7.39. The molecule has 3 nitrogen and oxygen atoms in total. The number of hydrogen-bond acceptors (Lipinski definition) is 4. The van der Waals surface area contributed by atoms with Gasteiger partial charge in [0.1, 0.15) is 10.8 Å². The van der Waals surface area contributed by atoms with Gasteiger partial charge in [0.25, 0.3) is 0 Å². The molecule has 2 aromatic carbocycles. The maximum Gasteiger partial charge on any atom is 0.118 e. The maximum absolute atomic E-state index is 6.02. The van der Waals surface area contributed by atoms with Gasteiger partial charge in [-0.15, -0.1) is 11.3 Å². The number of benzene rings is 2. The largest absolute Gasteiger partial charge is 0.497 e. The molecule has 0 aliphatic rings. The van der Waals surface area contributed by atoms with Gasteiger partial charge in [-0.2, -0.15) is 0 Å². The summed E-state index contributed by atoms with van der Waals surface area (Å²) in [5, 5.41) is 5.57. The molecule has 0 fully saturated rings. The minimum Gasteiger partial charge on any atom is -0.497 e. The number of thiazole rings is 1. The summed E-state index contributed by atoms with van der Waals surface area (Å²) in [5.74, 6) is 0.854.